The van der Waals surface area contributed by atoms with E-state index in [0.29, 0.717) is 23.9 Å². The number of hydrogen-bond acceptors (Lipinski definition) is 9. The summed E-state index contributed by atoms with van der Waals surface area (Å²) in [6.45, 7) is 1.58. The zero-order chi connectivity index (χ0) is 27.0. The third-order valence-corrected chi connectivity index (χ3v) is 5.72. The van der Waals surface area contributed by atoms with Crippen molar-refractivity contribution in [2.45, 2.75) is 32.4 Å². The molecule has 0 aliphatic carbocycles. The van der Waals surface area contributed by atoms with Crippen LogP contribution in [0.1, 0.15) is 31.7 Å². The van der Waals surface area contributed by atoms with Crippen LogP contribution in [0.15, 0.2) is 12.1 Å². The van der Waals surface area contributed by atoms with Gasteiger partial charge in [-0.1, -0.05) is 13.3 Å². The molecule has 0 N–H and O–H groups in total. The molecule has 1 unspecified atom stereocenters. The number of nitrogens with zero attached hydrogens (tertiary/aromatic N) is 4. The minimum atomic E-state index is -5.03. The topological polar surface area (TPSA) is 148 Å². The monoisotopic (exact) mass is 530 g/mol. The van der Waals surface area contributed by atoms with Crippen LogP contribution in [0.25, 0.3) is 0 Å². The van der Waals surface area contributed by atoms with Crippen molar-refractivity contribution in [1.82, 2.24) is 0 Å². The summed E-state index contributed by atoms with van der Waals surface area (Å²) in [5.74, 6) is 0. The van der Waals surface area contributed by atoms with Gasteiger partial charge in [0.15, 0.2) is 5.69 Å². The molecule has 1 rings (SSSR count). The molecule has 12 nitrogen and oxygen atoms in total. The zero-order valence-corrected chi connectivity index (χ0v) is 20.8. The van der Waals surface area contributed by atoms with Crippen LogP contribution in [0, 0.1) is 20.2 Å². The molecule has 1 aromatic rings. The molecule has 16 heteroatoms. The van der Waals surface area contributed by atoms with E-state index in [0.717, 1.165) is 0 Å². The van der Waals surface area contributed by atoms with Crippen molar-refractivity contribution < 1.29 is 46.0 Å². The van der Waals surface area contributed by atoms with Gasteiger partial charge in [-0.3, -0.25) is 24.8 Å². The van der Waals surface area contributed by atoms with Crippen LogP contribution < -0.4 is 9.79 Å². The maximum absolute atomic E-state index is 13.2. The number of anilines is 1. The fourth-order valence-corrected chi connectivity index (χ4v) is 3.68. The number of unbranched alkanes of at least 4 members (excludes halogenated alkanes) is 1. The van der Waals surface area contributed by atoms with Crippen LogP contribution in [-0.2, 0) is 19.8 Å². The van der Waals surface area contributed by atoms with Gasteiger partial charge in [0, 0.05) is 25.2 Å². The van der Waals surface area contributed by atoms with Gasteiger partial charge < -0.3 is 23.3 Å². The summed E-state index contributed by atoms with van der Waals surface area (Å²) in [5.41, 5.74) is -4.23. The summed E-state index contributed by atoms with van der Waals surface area (Å²) in [7, 11) is 0.886. The highest BCUT2D eigenvalue weighted by atomic mass is 31.2. The Bertz CT molecular complexity index is 905. The fraction of sp³-hybridized carbons (Fsp3) is 0.684. The van der Waals surface area contributed by atoms with Gasteiger partial charge >= 0.3 is 6.18 Å². The Kier molecular flexibility index (Phi) is 11.0. The first kappa shape index (κ1) is 30.7. The fourth-order valence-electron chi connectivity index (χ4n) is 2.95. The van der Waals surface area contributed by atoms with E-state index in [1.165, 1.54) is 4.90 Å². The van der Waals surface area contributed by atoms with E-state index in [1.807, 2.05) is 21.1 Å². The number of likely N-dealkylation sites (N-methyl/N-ethyl adjacent to an activating group) is 1. The second-order valence-corrected chi connectivity index (χ2v) is 10.1. The summed E-state index contributed by atoms with van der Waals surface area (Å²) >= 11 is 0. The third kappa shape index (κ3) is 10.4. The van der Waals surface area contributed by atoms with Crippen molar-refractivity contribution in [1.29, 1.82) is 0 Å². The molecule has 1 aromatic carbocycles. The Morgan fingerprint density at radius 1 is 1.00 bits per heavy atom. The van der Waals surface area contributed by atoms with Gasteiger partial charge in [0.25, 0.3) is 19.2 Å². The number of rotatable bonds is 15. The van der Waals surface area contributed by atoms with Crippen LogP contribution in [0.2, 0.25) is 0 Å². The number of nitro groups is 2. The van der Waals surface area contributed by atoms with Crippen LogP contribution in [-0.4, -0.2) is 68.3 Å². The Morgan fingerprint density at radius 2 is 1.49 bits per heavy atom. The maximum atomic E-state index is 13.2. The molecule has 0 saturated heterocycles. The number of phosphoric ester groups is 1. The number of nitro benzene ring substituents is 2. The van der Waals surface area contributed by atoms with Crippen LogP contribution in [0.3, 0.4) is 0 Å². The van der Waals surface area contributed by atoms with Crippen LogP contribution >= 0.6 is 7.82 Å². The van der Waals surface area contributed by atoms with Crippen molar-refractivity contribution in [3.63, 3.8) is 0 Å². The van der Waals surface area contributed by atoms with Crippen molar-refractivity contribution >= 4 is 24.9 Å². The van der Waals surface area contributed by atoms with E-state index in [9.17, 15) is 42.9 Å². The van der Waals surface area contributed by atoms with Crippen molar-refractivity contribution in [3.8, 4) is 0 Å². The van der Waals surface area contributed by atoms with E-state index in [2.05, 4.69) is 0 Å². The lowest BCUT2D eigenvalue weighted by molar-refractivity contribution is -0.870. The molecular formula is C19H30F3N4O8P. The maximum Gasteiger partial charge on any atom is 0.416 e. The largest absolute Gasteiger partial charge is 0.756 e. The molecule has 0 heterocycles. The minimum absolute atomic E-state index is 0.0516. The average molecular weight is 530 g/mol. The van der Waals surface area contributed by atoms with E-state index >= 15 is 0 Å². The summed E-state index contributed by atoms with van der Waals surface area (Å²) in [4.78, 5) is 34.0. The SMILES string of the molecule is CCCCN(CCCOP(=O)([O-])OCC[N+](C)(C)C)c1c([N+](=O)[O-])cc(C(F)(F)F)cc1[N+](=O)[O-]. The normalized spacial score (nSPS) is 13.9. The molecular weight excluding hydrogens is 500 g/mol. The Labute approximate surface area is 200 Å². The molecule has 1 atom stereocenters. The molecule has 0 saturated carbocycles. The second kappa shape index (κ2) is 12.6. The second-order valence-electron chi connectivity index (χ2n) is 8.70. The predicted octanol–water partition coefficient (Wildman–Crippen LogP) is 3.73. The number of halogens is 3. The quantitative estimate of drug-likeness (QED) is 0.109. The lowest BCUT2D eigenvalue weighted by Crippen LogP contribution is -2.37. The lowest BCUT2D eigenvalue weighted by Gasteiger charge is -2.28. The van der Waals surface area contributed by atoms with Gasteiger partial charge in [-0.15, -0.1) is 0 Å². The summed E-state index contributed by atoms with van der Waals surface area (Å²) in [6.07, 6.45) is -4.07. The molecule has 0 aliphatic heterocycles. The molecule has 0 aromatic heterocycles. The Morgan fingerprint density at radius 3 is 1.91 bits per heavy atom. The number of quaternary nitrogens is 1. The van der Waals surface area contributed by atoms with Gasteiger partial charge in [0.2, 0.25) is 0 Å². The highest BCUT2D eigenvalue weighted by Gasteiger charge is 2.39. The first-order chi connectivity index (χ1) is 16.0. The van der Waals surface area contributed by atoms with Gasteiger partial charge in [-0.25, -0.2) is 0 Å². The molecule has 0 radical (unpaired) electrons. The molecule has 0 spiro atoms. The lowest BCUT2D eigenvalue weighted by atomic mass is 10.1. The Balaban J connectivity index is 3.12. The first-order valence-corrected chi connectivity index (χ1v) is 12.1. The van der Waals surface area contributed by atoms with Gasteiger partial charge in [0.1, 0.15) is 13.2 Å². The van der Waals surface area contributed by atoms with Crippen LogP contribution in [0.5, 0.6) is 0 Å². The molecule has 0 bridgehead atoms. The van der Waals surface area contributed by atoms with Crippen molar-refractivity contribution in [2.75, 3.05) is 58.9 Å². The highest BCUT2D eigenvalue weighted by molar-refractivity contribution is 7.45. The van der Waals surface area contributed by atoms with E-state index in [-0.39, 0.29) is 38.2 Å². The van der Waals surface area contributed by atoms with E-state index < -0.39 is 53.1 Å². The van der Waals surface area contributed by atoms with E-state index in [1.54, 1.807) is 6.92 Å². The van der Waals surface area contributed by atoms with Gasteiger partial charge in [0.05, 0.1) is 43.2 Å². The number of alkyl halides is 3. The third-order valence-electron chi connectivity index (χ3n) is 4.72. The molecule has 200 valence electrons. The van der Waals surface area contributed by atoms with Gasteiger partial charge in [-0.05, 0) is 12.8 Å². The van der Waals surface area contributed by atoms with E-state index in [4.69, 9.17) is 9.05 Å². The highest BCUT2D eigenvalue weighted by Crippen LogP contribution is 2.43. The number of hydrogen-bond donors (Lipinski definition) is 0. The summed E-state index contributed by atoms with van der Waals surface area (Å²) < 4.78 is 61.4. The molecule has 0 amide bonds. The predicted molar refractivity (Wildman–Crippen MR) is 119 cm³/mol. The Hall–Kier alpha value is -2.32. The summed E-state index contributed by atoms with van der Waals surface area (Å²) in [6, 6.07) is 0.510. The number of benzene rings is 1. The van der Waals surface area contributed by atoms with Crippen LogP contribution in [0.4, 0.5) is 30.2 Å². The molecule has 35 heavy (non-hydrogen) atoms. The molecule has 0 fully saturated rings. The number of phosphoric acid groups is 1. The standard InChI is InChI=1S/C19H30F3N4O8P/c1-5-6-8-23(9-7-11-33-35(31,32)34-12-10-26(2,3)4)18-16(24(27)28)13-15(19(20,21)22)14-17(18)25(29)30/h13-14H,5-12H2,1-4H3. The molecule has 0 aliphatic rings. The van der Waals surface area contributed by atoms with Crippen molar-refractivity contribution in [3.05, 3.63) is 37.9 Å². The van der Waals surface area contributed by atoms with Crippen molar-refractivity contribution in [2.24, 2.45) is 0 Å². The zero-order valence-electron chi connectivity index (χ0n) is 19.9. The first-order valence-electron chi connectivity index (χ1n) is 10.7. The minimum Gasteiger partial charge on any atom is -0.756 e. The van der Waals surface area contributed by atoms with Gasteiger partial charge in [-0.2, -0.15) is 13.2 Å². The smallest absolute Gasteiger partial charge is 0.416 e. The summed E-state index contributed by atoms with van der Waals surface area (Å²) in [5, 5.41) is 23.1. The average Bonchev–Trinajstić information content (AvgIpc) is 2.70.